The fourth-order valence-corrected chi connectivity index (χ4v) is 1.63. The van der Waals surface area contributed by atoms with Gasteiger partial charge in [-0.3, -0.25) is 9.59 Å². The van der Waals surface area contributed by atoms with Crippen LogP contribution in [0.1, 0.15) is 10.4 Å². The number of carbonyl (C=O) groups excluding carboxylic acids is 2. The fourth-order valence-electron chi connectivity index (χ4n) is 1.17. The summed E-state index contributed by atoms with van der Waals surface area (Å²) in [7, 11) is 1.76. The number of anilines is 1. The molecule has 0 fully saturated rings. The van der Waals surface area contributed by atoms with Crippen molar-refractivity contribution in [3.63, 3.8) is 0 Å². The maximum absolute atomic E-state index is 10.7. The van der Waals surface area contributed by atoms with Gasteiger partial charge in [-0.05, 0) is 34.1 Å². The minimum Gasteiger partial charge on any atom is -0.368 e. The van der Waals surface area contributed by atoms with Crippen LogP contribution in [0.5, 0.6) is 0 Å². The number of aldehydes is 1. The zero-order valence-corrected chi connectivity index (χ0v) is 9.82. The van der Waals surface area contributed by atoms with Gasteiger partial charge in [-0.2, -0.15) is 0 Å². The van der Waals surface area contributed by atoms with Gasteiger partial charge in [-0.15, -0.1) is 0 Å². The van der Waals surface area contributed by atoms with Gasteiger partial charge in [-0.25, -0.2) is 0 Å². The molecule has 0 aliphatic rings. The van der Waals surface area contributed by atoms with Gasteiger partial charge in [0.25, 0.3) is 0 Å². The summed E-state index contributed by atoms with van der Waals surface area (Å²) in [5.41, 5.74) is 6.48. The van der Waals surface area contributed by atoms with E-state index in [1.165, 1.54) is 0 Å². The summed E-state index contributed by atoms with van der Waals surface area (Å²) >= 11 is 3.27. The van der Waals surface area contributed by atoms with Crippen LogP contribution in [-0.4, -0.2) is 25.8 Å². The standard InChI is InChI=1S/C10H11BrN2O2/c1-13(5-10(12)15)8-3-2-7(6-14)9(11)4-8/h2-4,6H,5H2,1H3,(H2,12,15). The molecule has 0 spiro atoms. The molecule has 0 radical (unpaired) electrons. The second-order valence-corrected chi connectivity index (χ2v) is 4.00. The molecular formula is C10H11BrN2O2. The third-order valence-corrected chi connectivity index (χ3v) is 2.63. The minimum absolute atomic E-state index is 0.146. The quantitative estimate of drug-likeness (QED) is 0.836. The van der Waals surface area contributed by atoms with Crippen molar-refractivity contribution in [2.45, 2.75) is 0 Å². The average Bonchev–Trinajstić information content (AvgIpc) is 2.16. The first kappa shape index (κ1) is 11.7. The van der Waals surface area contributed by atoms with E-state index in [2.05, 4.69) is 15.9 Å². The summed E-state index contributed by atoms with van der Waals surface area (Å²) in [5, 5.41) is 0. The Labute approximate surface area is 96.2 Å². The summed E-state index contributed by atoms with van der Waals surface area (Å²) in [6.07, 6.45) is 0.766. The lowest BCUT2D eigenvalue weighted by Crippen LogP contribution is -2.30. The lowest BCUT2D eigenvalue weighted by molar-refractivity contribution is -0.116. The molecule has 0 unspecified atom stereocenters. The molecule has 0 aliphatic heterocycles. The number of rotatable bonds is 4. The third-order valence-electron chi connectivity index (χ3n) is 1.94. The molecule has 0 aliphatic carbocycles. The van der Waals surface area contributed by atoms with E-state index in [1.807, 2.05) is 0 Å². The van der Waals surface area contributed by atoms with E-state index in [0.29, 0.717) is 10.0 Å². The molecule has 0 saturated carbocycles. The van der Waals surface area contributed by atoms with Gasteiger partial charge >= 0.3 is 0 Å². The van der Waals surface area contributed by atoms with Gasteiger partial charge in [0, 0.05) is 22.8 Å². The van der Waals surface area contributed by atoms with Crippen LogP contribution in [0, 0.1) is 0 Å². The number of carbonyl (C=O) groups is 2. The minimum atomic E-state index is -0.395. The summed E-state index contributed by atoms with van der Waals surface area (Å²) in [6, 6.07) is 5.22. The Bertz CT molecular complexity index is 393. The lowest BCUT2D eigenvalue weighted by Gasteiger charge is -2.17. The Kier molecular flexibility index (Phi) is 3.85. The van der Waals surface area contributed by atoms with Crippen molar-refractivity contribution in [2.24, 2.45) is 5.73 Å². The number of amides is 1. The van der Waals surface area contributed by atoms with Gasteiger partial charge in [0.2, 0.25) is 5.91 Å². The fraction of sp³-hybridized carbons (Fsp3) is 0.200. The first-order chi connectivity index (χ1) is 7.04. The molecule has 15 heavy (non-hydrogen) atoms. The summed E-state index contributed by atoms with van der Waals surface area (Å²) in [4.78, 5) is 23.0. The first-order valence-electron chi connectivity index (χ1n) is 4.28. The number of likely N-dealkylation sites (N-methyl/N-ethyl adjacent to an activating group) is 1. The second-order valence-electron chi connectivity index (χ2n) is 3.15. The average molecular weight is 271 g/mol. The molecule has 0 heterocycles. The number of halogens is 1. The number of nitrogens with zero attached hydrogens (tertiary/aromatic N) is 1. The molecule has 2 N–H and O–H groups in total. The van der Waals surface area contributed by atoms with Crippen molar-refractivity contribution in [1.29, 1.82) is 0 Å². The molecule has 1 aromatic carbocycles. The molecule has 0 saturated heterocycles. The van der Waals surface area contributed by atoms with Crippen LogP contribution in [0.4, 0.5) is 5.69 Å². The van der Waals surface area contributed by atoms with Crippen molar-refractivity contribution in [2.75, 3.05) is 18.5 Å². The van der Waals surface area contributed by atoms with Gasteiger partial charge in [0.05, 0.1) is 6.54 Å². The number of benzene rings is 1. The molecule has 0 aromatic heterocycles. The number of nitrogens with two attached hydrogens (primary N) is 1. The molecule has 5 heteroatoms. The van der Waals surface area contributed by atoms with Crippen LogP contribution >= 0.6 is 15.9 Å². The first-order valence-corrected chi connectivity index (χ1v) is 5.08. The Morgan fingerprint density at radius 3 is 2.73 bits per heavy atom. The molecule has 0 atom stereocenters. The Morgan fingerprint density at radius 1 is 1.60 bits per heavy atom. The predicted molar refractivity (Wildman–Crippen MR) is 62.0 cm³/mol. The van der Waals surface area contributed by atoms with Crippen LogP contribution in [0.3, 0.4) is 0 Å². The van der Waals surface area contributed by atoms with E-state index in [9.17, 15) is 9.59 Å². The van der Waals surface area contributed by atoms with Gasteiger partial charge < -0.3 is 10.6 Å². The van der Waals surface area contributed by atoms with E-state index >= 15 is 0 Å². The van der Waals surface area contributed by atoms with Gasteiger partial charge in [-0.1, -0.05) is 0 Å². The van der Waals surface area contributed by atoms with E-state index in [0.717, 1.165) is 12.0 Å². The number of hydrogen-bond donors (Lipinski definition) is 1. The van der Waals surface area contributed by atoms with Gasteiger partial charge in [0.1, 0.15) is 0 Å². The normalized spacial score (nSPS) is 9.73. The molecule has 1 amide bonds. The van der Waals surface area contributed by atoms with Crippen molar-refractivity contribution in [3.8, 4) is 0 Å². The summed E-state index contributed by atoms with van der Waals surface area (Å²) in [5.74, 6) is -0.395. The monoisotopic (exact) mass is 270 g/mol. The highest BCUT2D eigenvalue weighted by molar-refractivity contribution is 9.10. The highest BCUT2D eigenvalue weighted by atomic mass is 79.9. The number of primary amides is 1. The highest BCUT2D eigenvalue weighted by Crippen LogP contribution is 2.22. The summed E-state index contributed by atoms with van der Waals surface area (Å²) < 4.78 is 0.700. The van der Waals surface area contributed by atoms with Crippen LogP contribution in [0.25, 0.3) is 0 Å². The molecule has 1 rings (SSSR count). The van der Waals surface area contributed by atoms with E-state index < -0.39 is 5.91 Å². The summed E-state index contributed by atoms with van der Waals surface area (Å²) in [6.45, 7) is 0.146. The van der Waals surface area contributed by atoms with E-state index in [-0.39, 0.29) is 6.54 Å². The van der Waals surface area contributed by atoms with Crippen molar-refractivity contribution >= 4 is 33.8 Å². The van der Waals surface area contributed by atoms with Crippen molar-refractivity contribution in [1.82, 2.24) is 0 Å². The Hall–Kier alpha value is -1.36. The largest absolute Gasteiger partial charge is 0.368 e. The van der Waals surface area contributed by atoms with Crippen LogP contribution in [0.2, 0.25) is 0 Å². The Morgan fingerprint density at radius 2 is 2.27 bits per heavy atom. The van der Waals surface area contributed by atoms with E-state index in [1.54, 1.807) is 30.1 Å². The number of hydrogen-bond acceptors (Lipinski definition) is 3. The van der Waals surface area contributed by atoms with Crippen LogP contribution < -0.4 is 10.6 Å². The molecule has 4 nitrogen and oxygen atoms in total. The topological polar surface area (TPSA) is 63.4 Å². The van der Waals surface area contributed by atoms with Crippen molar-refractivity contribution in [3.05, 3.63) is 28.2 Å². The Balaban J connectivity index is 2.91. The van der Waals surface area contributed by atoms with Crippen molar-refractivity contribution < 1.29 is 9.59 Å². The highest BCUT2D eigenvalue weighted by Gasteiger charge is 2.06. The van der Waals surface area contributed by atoms with Crippen LogP contribution in [-0.2, 0) is 4.79 Å². The third kappa shape index (κ3) is 3.06. The molecule has 80 valence electrons. The molecular weight excluding hydrogens is 260 g/mol. The van der Waals surface area contributed by atoms with Crippen LogP contribution in [0.15, 0.2) is 22.7 Å². The zero-order valence-electron chi connectivity index (χ0n) is 8.24. The maximum atomic E-state index is 10.7. The SMILES string of the molecule is CN(CC(N)=O)c1ccc(C=O)c(Br)c1. The lowest BCUT2D eigenvalue weighted by atomic mass is 10.2. The molecule has 0 bridgehead atoms. The predicted octanol–water partition coefficient (Wildman–Crippen LogP) is 1.18. The maximum Gasteiger partial charge on any atom is 0.236 e. The van der Waals surface area contributed by atoms with E-state index in [4.69, 9.17) is 5.73 Å². The second kappa shape index (κ2) is 4.93. The zero-order chi connectivity index (χ0) is 11.4. The van der Waals surface area contributed by atoms with Gasteiger partial charge in [0.15, 0.2) is 6.29 Å². The smallest absolute Gasteiger partial charge is 0.236 e. The molecule has 1 aromatic rings.